The van der Waals surface area contributed by atoms with Crippen LogP contribution in [0.1, 0.15) is 26.1 Å². The van der Waals surface area contributed by atoms with E-state index in [1.54, 1.807) is 0 Å². The van der Waals surface area contributed by atoms with Crippen molar-refractivity contribution in [3.05, 3.63) is 11.9 Å². The van der Waals surface area contributed by atoms with Crippen LogP contribution in [0.25, 0.3) is 0 Å². The van der Waals surface area contributed by atoms with Crippen molar-refractivity contribution in [3.8, 4) is 5.88 Å². The first-order valence-corrected chi connectivity index (χ1v) is 6.59. The molecular formula is C13H22N4O. The number of rotatable bonds is 3. The molecule has 2 heterocycles. The van der Waals surface area contributed by atoms with Gasteiger partial charge in [-0.05, 0) is 26.2 Å². The third-order valence-corrected chi connectivity index (χ3v) is 3.39. The SMILES string of the molecule is CCOc1cc(N2CCC(N)C(C)C2)nc(C)n1. The predicted molar refractivity (Wildman–Crippen MR) is 71.9 cm³/mol. The van der Waals surface area contributed by atoms with Crippen LogP contribution in [-0.2, 0) is 0 Å². The molecule has 2 rings (SSSR count). The van der Waals surface area contributed by atoms with Crippen LogP contribution in [0.2, 0.25) is 0 Å². The Kier molecular flexibility index (Phi) is 4.01. The lowest BCUT2D eigenvalue weighted by molar-refractivity contribution is 0.324. The Morgan fingerprint density at radius 2 is 2.28 bits per heavy atom. The van der Waals surface area contributed by atoms with Gasteiger partial charge in [0, 0.05) is 25.2 Å². The zero-order chi connectivity index (χ0) is 13.1. The lowest BCUT2D eigenvalue weighted by Gasteiger charge is -2.35. The van der Waals surface area contributed by atoms with Gasteiger partial charge in [-0.25, -0.2) is 4.98 Å². The molecule has 2 N–H and O–H groups in total. The van der Waals surface area contributed by atoms with E-state index in [0.717, 1.165) is 31.2 Å². The lowest BCUT2D eigenvalue weighted by atomic mass is 9.95. The lowest BCUT2D eigenvalue weighted by Crippen LogP contribution is -2.46. The number of hydrogen-bond acceptors (Lipinski definition) is 5. The molecule has 0 aromatic carbocycles. The maximum atomic E-state index is 6.04. The Bertz CT molecular complexity index is 410. The predicted octanol–water partition coefficient (Wildman–Crippen LogP) is 1.36. The van der Waals surface area contributed by atoms with Gasteiger partial charge in [0.25, 0.3) is 0 Å². The highest BCUT2D eigenvalue weighted by atomic mass is 16.5. The Morgan fingerprint density at radius 1 is 1.50 bits per heavy atom. The van der Waals surface area contributed by atoms with E-state index in [1.165, 1.54) is 0 Å². The average Bonchev–Trinajstić information content (AvgIpc) is 2.32. The molecule has 1 aromatic rings. The minimum absolute atomic E-state index is 0.301. The molecular weight excluding hydrogens is 228 g/mol. The molecule has 18 heavy (non-hydrogen) atoms. The average molecular weight is 250 g/mol. The van der Waals surface area contributed by atoms with Gasteiger partial charge < -0.3 is 15.4 Å². The number of nitrogens with two attached hydrogens (primary N) is 1. The van der Waals surface area contributed by atoms with Crippen molar-refractivity contribution in [2.24, 2.45) is 11.7 Å². The molecule has 1 aliphatic heterocycles. The highest BCUT2D eigenvalue weighted by Crippen LogP contribution is 2.23. The zero-order valence-corrected chi connectivity index (χ0v) is 11.4. The number of ether oxygens (including phenoxy) is 1. The van der Waals surface area contributed by atoms with E-state index in [4.69, 9.17) is 10.5 Å². The van der Waals surface area contributed by atoms with Gasteiger partial charge in [0.2, 0.25) is 5.88 Å². The minimum Gasteiger partial charge on any atom is -0.478 e. The molecule has 0 saturated carbocycles. The van der Waals surface area contributed by atoms with Crippen molar-refractivity contribution in [1.29, 1.82) is 0 Å². The van der Waals surface area contributed by atoms with Crippen LogP contribution in [-0.4, -0.2) is 35.7 Å². The first-order valence-electron chi connectivity index (χ1n) is 6.59. The number of piperidine rings is 1. The molecule has 1 aromatic heterocycles. The molecule has 0 bridgehead atoms. The van der Waals surface area contributed by atoms with Gasteiger partial charge in [-0.3, -0.25) is 0 Å². The van der Waals surface area contributed by atoms with Crippen LogP contribution >= 0.6 is 0 Å². The highest BCUT2D eigenvalue weighted by Gasteiger charge is 2.24. The summed E-state index contributed by atoms with van der Waals surface area (Å²) in [6, 6.07) is 2.22. The van der Waals surface area contributed by atoms with E-state index in [2.05, 4.69) is 21.8 Å². The van der Waals surface area contributed by atoms with Crippen molar-refractivity contribution in [2.75, 3.05) is 24.6 Å². The van der Waals surface area contributed by atoms with Crippen molar-refractivity contribution in [3.63, 3.8) is 0 Å². The summed E-state index contributed by atoms with van der Waals surface area (Å²) in [4.78, 5) is 11.0. The van der Waals surface area contributed by atoms with E-state index in [1.807, 2.05) is 19.9 Å². The van der Waals surface area contributed by atoms with E-state index in [9.17, 15) is 0 Å². The number of hydrogen-bond donors (Lipinski definition) is 1. The summed E-state index contributed by atoms with van der Waals surface area (Å²) in [5.41, 5.74) is 6.04. The van der Waals surface area contributed by atoms with Crippen LogP contribution in [0.3, 0.4) is 0 Å². The van der Waals surface area contributed by atoms with E-state index >= 15 is 0 Å². The summed E-state index contributed by atoms with van der Waals surface area (Å²) in [6.07, 6.45) is 1.01. The van der Waals surface area contributed by atoms with Gasteiger partial charge in [0.05, 0.1) is 6.61 Å². The summed E-state index contributed by atoms with van der Waals surface area (Å²) in [5, 5.41) is 0. The first kappa shape index (κ1) is 13.1. The topological polar surface area (TPSA) is 64.3 Å². The van der Waals surface area contributed by atoms with Crippen LogP contribution in [0.5, 0.6) is 5.88 Å². The van der Waals surface area contributed by atoms with Crippen LogP contribution < -0.4 is 15.4 Å². The fourth-order valence-corrected chi connectivity index (χ4v) is 2.28. The van der Waals surface area contributed by atoms with Crippen molar-refractivity contribution in [1.82, 2.24) is 9.97 Å². The van der Waals surface area contributed by atoms with E-state index in [0.29, 0.717) is 24.4 Å². The quantitative estimate of drug-likeness (QED) is 0.877. The summed E-state index contributed by atoms with van der Waals surface area (Å²) >= 11 is 0. The normalized spacial score (nSPS) is 24.1. The fourth-order valence-electron chi connectivity index (χ4n) is 2.28. The van der Waals surface area contributed by atoms with Crippen LogP contribution in [0, 0.1) is 12.8 Å². The maximum Gasteiger partial charge on any atom is 0.218 e. The Balaban J connectivity index is 2.17. The second-order valence-corrected chi connectivity index (χ2v) is 4.92. The molecule has 1 aliphatic rings. The second kappa shape index (κ2) is 5.52. The van der Waals surface area contributed by atoms with Crippen molar-refractivity contribution in [2.45, 2.75) is 33.2 Å². The zero-order valence-electron chi connectivity index (χ0n) is 11.4. The summed E-state index contributed by atoms with van der Waals surface area (Å²) in [5.74, 6) is 2.84. The summed E-state index contributed by atoms with van der Waals surface area (Å²) in [6.45, 7) is 8.56. The Hall–Kier alpha value is -1.36. The molecule has 2 unspecified atom stereocenters. The van der Waals surface area contributed by atoms with Gasteiger partial charge in [0.15, 0.2) is 0 Å². The summed E-state index contributed by atoms with van der Waals surface area (Å²) in [7, 11) is 0. The largest absolute Gasteiger partial charge is 0.478 e. The van der Waals surface area contributed by atoms with Gasteiger partial charge >= 0.3 is 0 Å². The molecule has 0 radical (unpaired) electrons. The first-order chi connectivity index (χ1) is 8.60. The molecule has 0 aliphatic carbocycles. The Labute approximate surface area is 108 Å². The molecule has 2 atom stereocenters. The number of nitrogens with zero attached hydrogens (tertiary/aromatic N) is 3. The molecule has 5 heteroatoms. The number of aryl methyl sites for hydroxylation is 1. The second-order valence-electron chi connectivity index (χ2n) is 4.92. The van der Waals surface area contributed by atoms with E-state index in [-0.39, 0.29) is 0 Å². The smallest absolute Gasteiger partial charge is 0.218 e. The molecule has 0 spiro atoms. The molecule has 0 amide bonds. The molecule has 5 nitrogen and oxygen atoms in total. The standard InChI is InChI=1S/C13H22N4O/c1-4-18-13-7-12(15-10(3)16-13)17-6-5-11(14)9(2)8-17/h7,9,11H,4-6,8,14H2,1-3H3. The van der Waals surface area contributed by atoms with Crippen molar-refractivity contribution >= 4 is 5.82 Å². The number of aromatic nitrogens is 2. The third kappa shape index (κ3) is 2.90. The van der Waals surface area contributed by atoms with Gasteiger partial charge in [-0.2, -0.15) is 4.98 Å². The van der Waals surface area contributed by atoms with Gasteiger partial charge in [-0.15, -0.1) is 0 Å². The monoisotopic (exact) mass is 250 g/mol. The van der Waals surface area contributed by atoms with Gasteiger partial charge in [-0.1, -0.05) is 6.92 Å². The maximum absolute atomic E-state index is 6.04. The molecule has 100 valence electrons. The molecule has 1 fully saturated rings. The summed E-state index contributed by atoms with van der Waals surface area (Å²) < 4.78 is 5.46. The molecule has 1 saturated heterocycles. The van der Waals surface area contributed by atoms with E-state index < -0.39 is 0 Å². The van der Waals surface area contributed by atoms with Crippen LogP contribution in [0.4, 0.5) is 5.82 Å². The number of anilines is 1. The van der Waals surface area contributed by atoms with Crippen LogP contribution in [0.15, 0.2) is 6.07 Å². The van der Waals surface area contributed by atoms with Crippen molar-refractivity contribution < 1.29 is 4.74 Å². The van der Waals surface area contributed by atoms with Gasteiger partial charge in [0.1, 0.15) is 11.6 Å². The minimum atomic E-state index is 0.301. The fraction of sp³-hybridized carbons (Fsp3) is 0.692. The highest BCUT2D eigenvalue weighted by molar-refractivity contribution is 5.42. The third-order valence-electron chi connectivity index (χ3n) is 3.39. The Morgan fingerprint density at radius 3 is 2.94 bits per heavy atom.